The van der Waals surface area contributed by atoms with E-state index in [1.807, 2.05) is 0 Å². The summed E-state index contributed by atoms with van der Waals surface area (Å²) in [5, 5.41) is 15.0. The molecule has 1 aromatic rings. The highest BCUT2D eigenvalue weighted by atomic mass is 32.2. The van der Waals surface area contributed by atoms with Crippen LogP contribution < -0.4 is 5.32 Å². The third-order valence-electron chi connectivity index (χ3n) is 1.97. The lowest BCUT2D eigenvalue weighted by Gasteiger charge is -2.17. The van der Waals surface area contributed by atoms with E-state index in [0.717, 1.165) is 11.8 Å². The summed E-state index contributed by atoms with van der Waals surface area (Å²) < 4.78 is 3.79. The molecular weight excluding hydrogens is 244 g/mol. The fraction of sp³-hybridized carbons (Fsp3) is 0.500. The summed E-state index contributed by atoms with van der Waals surface area (Å²) >= 11 is 1.05. The Balaban J connectivity index is 2.43. The lowest BCUT2D eigenvalue weighted by molar-refractivity contribution is -0.138. The zero-order valence-electron chi connectivity index (χ0n) is 9.81. The quantitative estimate of drug-likeness (QED) is 0.831. The molecule has 0 aliphatic heterocycles. The number of rotatable bonds is 5. The summed E-state index contributed by atoms with van der Waals surface area (Å²) in [5.41, 5.74) is 0. The van der Waals surface area contributed by atoms with Crippen molar-refractivity contribution in [2.24, 2.45) is 0 Å². The Bertz CT molecular complexity index is 428. The molecule has 1 rings (SSSR count). The highest BCUT2D eigenvalue weighted by Gasteiger charge is 2.28. The smallest absolute Gasteiger partial charge is 0.319 e. The molecule has 0 saturated carbocycles. The molecule has 1 amide bonds. The number of amides is 1. The van der Waals surface area contributed by atoms with Crippen LogP contribution in [0, 0.1) is 6.92 Å². The van der Waals surface area contributed by atoms with Crippen LogP contribution in [-0.4, -0.2) is 32.6 Å². The van der Waals surface area contributed by atoms with Crippen molar-refractivity contribution in [1.29, 1.82) is 0 Å². The number of aryl methyl sites for hydroxylation is 1. The molecule has 1 aromatic heterocycles. The molecule has 0 aliphatic carbocycles. The number of anilines is 1. The van der Waals surface area contributed by atoms with Gasteiger partial charge in [-0.3, -0.25) is 9.59 Å². The number of carboxylic acid groups (broad SMARTS) is 1. The Hall–Kier alpha value is -1.50. The first-order chi connectivity index (χ1) is 7.81. The van der Waals surface area contributed by atoms with Crippen LogP contribution in [-0.2, 0) is 9.59 Å². The Morgan fingerprint density at radius 1 is 1.59 bits per heavy atom. The van der Waals surface area contributed by atoms with Crippen LogP contribution in [0.15, 0.2) is 10.6 Å². The van der Waals surface area contributed by atoms with E-state index in [0.29, 0.717) is 11.6 Å². The summed E-state index contributed by atoms with van der Waals surface area (Å²) in [6, 6.07) is 1.59. The molecule has 7 heteroatoms. The van der Waals surface area contributed by atoms with E-state index in [4.69, 9.17) is 9.63 Å². The van der Waals surface area contributed by atoms with E-state index >= 15 is 0 Å². The number of carbonyl (C=O) groups excluding carboxylic acids is 1. The molecule has 0 aromatic carbocycles. The van der Waals surface area contributed by atoms with Crippen molar-refractivity contribution in [3.8, 4) is 0 Å². The number of aromatic nitrogens is 1. The number of hydrogen-bond donors (Lipinski definition) is 2. The third-order valence-corrected chi connectivity index (χ3v) is 3.28. The Morgan fingerprint density at radius 3 is 2.71 bits per heavy atom. The highest BCUT2D eigenvalue weighted by Crippen LogP contribution is 2.24. The van der Waals surface area contributed by atoms with Gasteiger partial charge >= 0.3 is 5.97 Å². The van der Waals surface area contributed by atoms with Crippen LogP contribution in [0.5, 0.6) is 0 Å². The monoisotopic (exact) mass is 258 g/mol. The summed E-state index contributed by atoms with van der Waals surface area (Å²) in [5.74, 6) is -0.282. The standard InChI is InChI=1S/C10H14N2O4S/c1-6-4-7(12-16-6)11-8(13)5-17-10(2,3)9(14)15/h4H,5H2,1-3H3,(H,14,15)(H,11,12,13). The van der Waals surface area contributed by atoms with Crippen LogP contribution in [0.4, 0.5) is 5.82 Å². The zero-order chi connectivity index (χ0) is 13.1. The maximum Gasteiger partial charge on any atom is 0.319 e. The van der Waals surface area contributed by atoms with Gasteiger partial charge in [0.2, 0.25) is 5.91 Å². The van der Waals surface area contributed by atoms with Crippen molar-refractivity contribution in [2.45, 2.75) is 25.5 Å². The lowest BCUT2D eigenvalue weighted by Crippen LogP contribution is -2.29. The topological polar surface area (TPSA) is 92.4 Å². The summed E-state index contributed by atoms with van der Waals surface area (Å²) in [6.45, 7) is 4.81. The second-order valence-corrected chi connectivity index (χ2v) is 5.57. The molecule has 6 nitrogen and oxygen atoms in total. The van der Waals surface area contributed by atoms with Crippen LogP contribution in [0.2, 0.25) is 0 Å². The summed E-state index contributed by atoms with van der Waals surface area (Å²) in [4.78, 5) is 22.3. The van der Waals surface area contributed by atoms with Crippen molar-refractivity contribution in [1.82, 2.24) is 5.16 Å². The molecule has 0 atom stereocenters. The van der Waals surface area contributed by atoms with E-state index in [1.54, 1.807) is 26.8 Å². The molecule has 2 N–H and O–H groups in total. The maximum absolute atomic E-state index is 11.5. The minimum atomic E-state index is -0.989. The van der Waals surface area contributed by atoms with E-state index < -0.39 is 10.7 Å². The van der Waals surface area contributed by atoms with Crippen molar-refractivity contribution >= 4 is 29.5 Å². The van der Waals surface area contributed by atoms with E-state index in [1.165, 1.54) is 0 Å². The number of thioether (sulfide) groups is 1. The second-order valence-electron chi connectivity index (χ2n) is 3.98. The fourth-order valence-electron chi connectivity index (χ4n) is 0.912. The van der Waals surface area contributed by atoms with Crippen LogP contribution in [0.25, 0.3) is 0 Å². The molecule has 0 fully saturated rings. The zero-order valence-corrected chi connectivity index (χ0v) is 10.6. The van der Waals surface area contributed by atoms with Crippen LogP contribution in [0.1, 0.15) is 19.6 Å². The van der Waals surface area contributed by atoms with E-state index in [2.05, 4.69) is 10.5 Å². The molecule has 94 valence electrons. The van der Waals surface area contributed by atoms with Gasteiger partial charge in [-0.25, -0.2) is 0 Å². The second kappa shape index (κ2) is 5.22. The van der Waals surface area contributed by atoms with Crippen LogP contribution >= 0.6 is 11.8 Å². The Morgan fingerprint density at radius 2 is 2.24 bits per heavy atom. The summed E-state index contributed by atoms with van der Waals surface area (Å²) in [6.07, 6.45) is 0. The average Bonchev–Trinajstić information content (AvgIpc) is 2.61. The predicted molar refractivity (Wildman–Crippen MR) is 64.0 cm³/mol. The molecule has 17 heavy (non-hydrogen) atoms. The maximum atomic E-state index is 11.5. The van der Waals surface area contributed by atoms with Gasteiger partial charge < -0.3 is 14.9 Å². The largest absolute Gasteiger partial charge is 0.480 e. The highest BCUT2D eigenvalue weighted by molar-refractivity contribution is 8.02. The van der Waals surface area contributed by atoms with Crippen molar-refractivity contribution in [3.05, 3.63) is 11.8 Å². The number of carboxylic acids is 1. The molecule has 0 bridgehead atoms. The molecular formula is C10H14N2O4S. The molecule has 1 heterocycles. The Labute approximate surface area is 103 Å². The first-order valence-corrected chi connectivity index (χ1v) is 5.90. The fourth-order valence-corrected chi connectivity index (χ4v) is 1.60. The minimum Gasteiger partial charge on any atom is -0.480 e. The molecule has 0 unspecified atom stereocenters. The van der Waals surface area contributed by atoms with Crippen LogP contribution in [0.3, 0.4) is 0 Å². The number of aliphatic carboxylic acids is 1. The van der Waals surface area contributed by atoms with Gasteiger partial charge in [-0.15, -0.1) is 11.8 Å². The molecule has 0 saturated heterocycles. The molecule has 0 aliphatic rings. The van der Waals surface area contributed by atoms with Crippen molar-refractivity contribution in [3.63, 3.8) is 0 Å². The predicted octanol–water partition coefficient (Wildman–Crippen LogP) is 1.52. The van der Waals surface area contributed by atoms with Gasteiger partial charge in [-0.2, -0.15) is 0 Å². The Kier molecular flexibility index (Phi) is 4.17. The minimum absolute atomic E-state index is 0.0468. The van der Waals surface area contributed by atoms with E-state index in [9.17, 15) is 9.59 Å². The lowest BCUT2D eigenvalue weighted by atomic mass is 10.2. The van der Waals surface area contributed by atoms with Gasteiger partial charge in [0.1, 0.15) is 10.5 Å². The molecule has 0 radical (unpaired) electrons. The van der Waals surface area contributed by atoms with Gasteiger partial charge in [0.25, 0.3) is 0 Å². The van der Waals surface area contributed by atoms with Gasteiger partial charge in [0.15, 0.2) is 5.82 Å². The van der Waals surface area contributed by atoms with Gasteiger partial charge in [-0.05, 0) is 20.8 Å². The SMILES string of the molecule is Cc1cc(NC(=O)CSC(C)(C)C(=O)O)no1. The number of carbonyl (C=O) groups is 2. The van der Waals surface area contributed by atoms with E-state index in [-0.39, 0.29) is 11.7 Å². The average molecular weight is 258 g/mol. The first kappa shape index (κ1) is 13.6. The van der Waals surface area contributed by atoms with Gasteiger partial charge in [0.05, 0.1) is 5.75 Å². The van der Waals surface area contributed by atoms with Crippen molar-refractivity contribution < 1.29 is 19.2 Å². The normalized spacial score (nSPS) is 11.2. The van der Waals surface area contributed by atoms with Gasteiger partial charge in [-0.1, -0.05) is 5.16 Å². The summed E-state index contributed by atoms with van der Waals surface area (Å²) in [7, 11) is 0. The third kappa shape index (κ3) is 4.10. The van der Waals surface area contributed by atoms with Gasteiger partial charge in [0, 0.05) is 6.07 Å². The number of hydrogen-bond acceptors (Lipinski definition) is 5. The first-order valence-electron chi connectivity index (χ1n) is 4.92. The molecule has 0 spiro atoms. The van der Waals surface area contributed by atoms with Crippen molar-refractivity contribution in [2.75, 3.05) is 11.1 Å². The number of nitrogens with zero attached hydrogens (tertiary/aromatic N) is 1. The number of nitrogens with one attached hydrogen (secondary N) is 1.